The van der Waals surface area contributed by atoms with Gasteiger partial charge in [0.25, 0.3) is 0 Å². The second-order valence-electron chi connectivity index (χ2n) is 5.04. The van der Waals surface area contributed by atoms with Gasteiger partial charge < -0.3 is 14.4 Å². The van der Waals surface area contributed by atoms with Gasteiger partial charge in [-0.25, -0.2) is 0 Å². The second-order valence-corrected chi connectivity index (χ2v) is 5.04. The van der Waals surface area contributed by atoms with Crippen LogP contribution in [0.15, 0.2) is 24.3 Å². The van der Waals surface area contributed by atoms with Gasteiger partial charge in [-0.05, 0) is 19.4 Å². The van der Waals surface area contributed by atoms with E-state index in [4.69, 9.17) is 9.47 Å². The molecule has 0 aliphatic carbocycles. The third-order valence-corrected chi connectivity index (χ3v) is 3.59. The molecule has 5 nitrogen and oxygen atoms in total. The molecule has 1 aliphatic heterocycles. The van der Waals surface area contributed by atoms with Gasteiger partial charge in [0.15, 0.2) is 0 Å². The molecule has 0 N–H and O–H groups in total. The fourth-order valence-corrected chi connectivity index (χ4v) is 2.47. The molecule has 1 atom stereocenters. The minimum atomic E-state index is -0.274. The minimum Gasteiger partial charge on any atom is -0.493 e. The van der Waals surface area contributed by atoms with E-state index in [2.05, 4.69) is 0 Å². The van der Waals surface area contributed by atoms with E-state index in [0.29, 0.717) is 26.2 Å². The third kappa shape index (κ3) is 3.74. The number of amides is 1. The Morgan fingerprint density at radius 3 is 2.90 bits per heavy atom. The molecule has 1 unspecified atom stereocenters. The molecule has 1 aromatic rings. The predicted octanol–water partition coefficient (Wildman–Crippen LogP) is 1.96. The zero-order valence-corrected chi connectivity index (χ0v) is 12.5. The quantitative estimate of drug-likeness (QED) is 0.778. The van der Waals surface area contributed by atoms with Crippen molar-refractivity contribution in [2.75, 3.05) is 26.8 Å². The Morgan fingerprint density at radius 2 is 2.14 bits per heavy atom. The maximum absolute atomic E-state index is 12.5. The molecule has 1 aromatic carbocycles. The average Bonchev–Trinajstić information content (AvgIpc) is 2.51. The van der Waals surface area contributed by atoms with Crippen LogP contribution in [0.1, 0.15) is 31.2 Å². The lowest BCUT2D eigenvalue weighted by Crippen LogP contribution is -2.35. The molecule has 0 saturated carbocycles. The van der Waals surface area contributed by atoms with Crippen LogP contribution in [0.3, 0.4) is 0 Å². The fraction of sp³-hybridized carbons (Fsp3) is 0.500. The summed E-state index contributed by atoms with van der Waals surface area (Å²) < 4.78 is 10.4. The van der Waals surface area contributed by atoms with Crippen molar-refractivity contribution in [3.63, 3.8) is 0 Å². The first-order valence-electron chi connectivity index (χ1n) is 7.25. The molecule has 2 rings (SSSR count). The Kier molecular flexibility index (Phi) is 5.20. The number of rotatable bonds is 5. The maximum atomic E-state index is 12.5. The highest BCUT2D eigenvalue weighted by atomic mass is 16.5. The molecule has 0 fully saturated rings. The van der Waals surface area contributed by atoms with Gasteiger partial charge in [0, 0.05) is 19.2 Å². The van der Waals surface area contributed by atoms with Crippen molar-refractivity contribution in [2.24, 2.45) is 0 Å². The van der Waals surface area contributed by atoms with E-state index >= 15 is 0 Å². The number of fused-ring (bicyclic) bond motifs is 1. The van der Waals surface area contributed by atoms with Crippen LogP contribution in [0, 0.1) is 0 Å². The zero-order valence-electron chi connectivity index (χ0n) is 12.5. The van der Waals surface area contributed by atoms with Crippen LogP contribution in [-0.4, -0.2) is 43.6 Å². The standard InChI is InChI=1S/C16H21NO4/c1-3-20-15(18)8-10-17(2)16(19)13-9-11-21-14-7-5-4-6-12(13)14/h4-7,13H,3,8-11H2,1-2H3. The molecule has 1 amide bonds. The van der Waals surface area contributed by atoms with Crippen molar-refractivity contribution >= 4 is 11.9 Å². The van der Waals surface area contributed by atoms with Crippen LogP contribution in [-0.2, 0) is 14.3 Å². The van der Waals surface area contributed by atoms with Gasteiger partial charge in [-0.1, -0.05) is 18.2 Å². The molecule has 0 saturated heterocycles. The lowest BCUT2D eigenvalue weighted by molar-refractivity contribution is -0.144. The number of hydrogen-bond donors (Lipinski definition) is 0. The van der Waals surface area contributed by atoms with E-state index in [1.165, 1.54) is 0 Å². The van der Waals surface area contributed by atoms with Crippen LogP contribution < -0.4 is 4.74 Å². The summed E-state index contributed by atoms with van der Waals surface area (Å²) in [7, 11) is 1.72. The number of hydrogen-bond acceptors (Lipinski definition) is 4. The number of esters is 1. The number of benzene rings is 1. The molecule has 1 aliphatic rings. The van der Waals surface area contributed by atoms with Crippen molar-refractivity contribution < 1.29 is 19.1 Å². The first kappa shape index (κ1) is 15.4. The highest BCUT2D eigenvalue weighted by Crippen LogP contribution is 2.34. The Bertz CT molecular complexity index is 515. The fourth-order valence-electron chi connectivity index (χ4n) is 2.47. The Labute approximate surface area is 124 Å². The van der Waals surface area contributed by atoms with Crippen LogP contribution in [0.4, 0.5) is 0 Å². The molecule has 1 heterocycles. The minimum absolute atomic E-state index is 0.0232. The first-order chi connectivity index (χ1) is 10.1. The van der Waals surface area contributed by atoms with Gasteiger partial charge in [-0.2, -0.15) is 0 Å². The zero-order chi connectivity index (χ0) is 15.2. The number of para-hydroxylation sites is 1. The van der Waals surface area contributed by atoms with Gasteiger partial charge in [-0.3, -0.25) is 9.59 Å². The molecular formula is C16H21NO4. The summed E-state index contributed by atoms with van der Waals surface area (Å²) in [6.07, 6.45) is 0.889. The number of nitrogens with zero attached hydrogens (tertiary/aromatic N) is 1. The van der Waals surface area contributed by atoms with E-state index in [9.17, 15) is 9.59 Å². The summed E-state index contributed by atoms with van der Waals surface area (Å²) in [4.78, 5) is 25.5. The summed E-state index contributed by atoms with van der Waals surface area (Å²) in [6.45, 7) is 3.05. The van der Waals surface area contributed by atoms with Crippen molar-refractivity contribution in [2.45, 2.75) is 25.7 Å². The first-order valence-corrected chi connectivity index (χ1v) is 7.25. The van der Waals surface area contributed by atoms with E-state index in [-0.39, 0.29) is 24.2 Å². The Hall–Kier alpha value is -2.04. The molecular weight excluding hydrogens is 270 g/mol. The lowest BCUT2D eigenvalue weighted by Gasteiger charge is -2.28. The van der Waals surface area contributed by atoms with Gasteiger partial charge in [-0.15, -0.1) is 0 Å². The number of ether oxygens (including phenoxy) is 2. The molecule has 114 valence electrons. The predicted molar refractivity (Wildman–Crippen MR) is 78.2 cm³/mol. The molecule has 0 spiro atoms. The highest BCUT2D eigenvalue weighted by Gasteiger charge is 2.29. The lowest BCUT2D eigenvalue weighted by atomic mass is 9.92. The topological polar surface area (TPSA) is 55.8 Å². The van der Waals surface area contributed by atoms with Crippen molar-refractivity contribution in [3.8, 4) is 5.75 Å². The summed E-state index contributed by atoms with van der Waals surface area (Å²) in [5.74, 6) is 0.336. The van der Waals surface area contributed by atoms with E-state index < -0.39 is 0 Å². The SMILES string of the molecule is CCOC(=O)CCN(C)C(=O)C1CCOc2ccccc21. The van der Waals surface area contributed by atoms with Crippen molar-refractivity contribution in [1.29, 1.82) is 0 Å². The molecule has 5 heteroatoms. The van der Waals surface area contributed by atoms with Crippen LogP contribution in [0.2, 0.25) is 0 Å². The van der Waals surface area contributed by atoms with Gasteiger partial charge >= 0.3 is 5.97 Å². The normalized spacial score (nSPS) is 16.6. The van der Waals surface area contributed by atoms with Gasteiger partial charge in [0.2, 0.25) is 5.91 Å². The average molecular weight is 291 g/mol. The van der Waals surface area contributed by atoms with E-state index in [1.807, 2.05) is 24.3 Å². The second kappa shape index (κ2) is 7.11. The largest absolute Gasteiger partial charge is 0.493 e. The van der Waals surface area contributed by atoms with E-state index in [0.717, 1.165) is 11.3 Å². The molecule has 0 radical (unpaired) electrons. The number of carbonyl (C=O) groups is 2. The number of likely N-dealkylation sites (N-methyl/N-ethyl adjacent to an activating group) is 1. The van der Waals surface area contributed by atoms with Crippen LogP contribution in [0.25, 0.3) is 0 Å². The monoisotopic (exact) mass is 291 g/mol. The van der Waals surface area contributed by atoms with Crippen LogP contribution >= 0.6 is 0 Å². The summed E-state index contributed by atoms with van der Waals surface area (Å²) in [6, 6.07) is 7.62. The smallest absolute Gasteiger partial charge is 0.307 e. The highest BCUT2D eigenvalue weighted by molar-refractivity contribution is 5.85. The van der Waals surface area contributed by atoms with Crippen LogP contribution in [0.5, 0.6) is 5.75 Å². The van der Waals surface area contributed by atoms with Crippen molar-refractivity contribution in [1.82, 2.24) is 4.90 Å². The molecule has 0 aromatic heterocycles. The van der Waals surface area contributed by atoms with Gasteiger partial charge in [0.05, 0.1) is 25.6 Å². The maximum Gasteiger partial charge on any atom is 0.307 e. The molecule has 21 heavy (non-hydrogen) atoms. The number of carbonyl (C=O) groups excluding carboxylic acids is 2. The van der Waals surface area contributed by atoms with E-state index in [1.54, 1.807) is 18.9 Å². The Balaban J connectivity index is 1.99. The summed E-state index contributed by atoms with van der Waals surface area (Å²) in [5, 5.41) is 0. The van der Waals surface area contributed by atoms with Gasteiger partial charge in [0.1, 0.15) is 5.75 Å². The summed E-state index contributed by atoms with van der Waals surface area (Å²) >= 11 is 0. The Morgan fingerprint density at radius 1 is 1.38 bits per heavy atom. The third-order valence-electron chi connectivity index (χ3n) is 3.59. The van der Waals surface area contributed by atoms with Crippen molar-refractivity contribution in [3.05, 3.63) is 29.8 Å². The summed E-state index contributed by atoms with van der Waals surface area (Å²) in [5.41, 5.74) is 0.928. The molecule has 0 bridgehead atoms.